The average molecular weight is 218 g/mol. The van der Waals surface area contributed by atoms with Gasteiger partial charge in [-0.25, -0.2) is 0 Å². The molecule has 0 bridgehead atoms. The molecule has 0 aliphatic heterocycles. The van der Waals surface area contributed by atoms with E-state index in [1.54, 1.807) is 0 Å². The molecular formula is C12H24ClN. The molecule has 1 nitrogen and oxygen atoms in total. The van der Waals surface area contributed by atoms with Crippen LogP contribution in [0, 0.1) is 17.8 Å². The molecule has 0 heterocycles. The van der Waals surface area contributed by atoms with Crippen molar-refractivity contribution in [3.63, 3.8) is 0 Å². The first-order valence-electron chi connectivity index (χ1n) is 6.03. The van der Waals surface area contributed by atoms with Crippen molar-refractivity contribution in [3.05, 3.63) is 0 Å². The minimum atomic E-state index is 0. The number of halogens is 1. The van der Waals surface area contributed by atoms with Crippen LogP contribution in [0.1, 0.15) is 51.9 Å². The van der Waals surface area contributed by atoms with E-state index < -0.39 is 0 Å². The van der Waals surface area contributed by atoms with Crippen molar-refractivity contribution in [1.29, 1.82) is 0 Å². The second-order valence-electron chi connectivity index (χ2n) is 5.24. The van der Waals surface area contributed by atoms with Crippen LogP contribution >= 0.6 is 12.4 Å². The van der Waals surface area contributed by atoms with Gasteiger partial charge in [0.15, 0.2) is 0 Å². The van der Waals surface area contributed by atoms with E-state index in [4.69, 9.17) is 5.73 Å². The van der Waals surface area contributed by atoms with E-state index in [1.807, 2.05) is 0 Å². The maximum absolute atomic E-state index is 5.99. The van der Waals surface area contributed by atoms with Gasteiger partial charge in [0.25, 0.3) is 0 Å². The molecule has 0 aromatic heterocycles. The van der Waals surface area contributed by atoms with Crippen LogP contribution < -0.4 is 5.73 Å². The van der Waals surface area contributed by atoms with E-state index >= 15 is 0 Å². The Hall–Kier alpha value is 0.250. The highest BCUT2D eigenvalue weighted by Crippen LogP contribution is 2.43. The Kier molecular flexibility index (Phi) is 4.72. The zero-order valence-electron chi connectivity index (χ0n) is 9.24. The highest BCUT2D eigenvalue weighted by Gasteiger charge is 2.33. The molecule has 2 aliphatic rings. The quantitative estimate of drug-likeness (QED) is 0.716. The summed E-state index contributed by atoms with van der Waals surface area (Å²) in [4.78, 5) is 0. The highest BCUT2D eigenvalue weighted by atomic mass is 35.5. The zero-order chi connectivity index (χ0) is 9.26. The van der Waals surface area contributed by atoms with E-state index in [0.717, 1.165) is 17.8 Å². The van der Waals surface area contributed by atoms with Crippen molar-refractivity contribution in [3.8, 4) is 0 Å². The van der Waals surface area contributed by atoms with Crippen LogP contribution in [0.15, 0.2) is 0 Å². The molecule has 14 heavy (non-hydrogen) atoms. The number of fused-ring (bicyclic) bond motifs is 1. The van der Waals surface area contributed by atoms with E-state index in [0.29, 0.717) is 6.04 Å². The molecule has 4 unspecified atom stereocenters. The molecule has 2 aliphatic carbocycles. The standard InChI is InChI=1S/C12H23N.ClH/c1-9(13)11-7-6-10-4-2-3-5-12(10)8-11;/h9-12H,2-8,13H2,1H3;1H. The van der Waals surface area contributed by atoms with E-state index in [9.17, 15) is 0 Å². The first-order chi connectivity index (χ1) is 6.27. The first-order valence-corrected chi connectivity index (χ1v) is 6.03. The fourth-order valence-electron chi connectivity index (χ4n) is 3.39. The van der Waals surface area contributed by atoms with E-state index in [-0.39, 0.29) is 12.4 Å². The summed E-state index contributed by atoms with van der Waals surface area (Å²) in [5, 5.41) is 0. The normalized spacial score (nSPS) is 39.4. The van der Waals surface area contributed by atoms with Crippen molar-refractivity contribution < 1.29 is 0 Å². The topological polar surface area (TPSA) is 26.0 Å². The zero-order valence-corrected chi connectivity index (χ0v) is 10.1. The van der Waals surface area contributed by atoms with Crippen molar-refractivity contribution in [1.82, 2.24) is 0 Å². The molecule has 0 aromatic carbocycles. The van der Waals surface area contributed by atoms with Crippen molar-refractivity contribution in [2.24, 2.45) is 23.5 Å². The highest BCUT2D eigenvalue weighted by molar-refractivity contribution is 5.85. The van der Waals surface area contributed by atoms with E-state index in [1.165, 1.54) is 44.9 Å². The monoisotopic (exact) mass is 217 g/mol. The molecule has 0 aromatic rings. The van der Waals surface area contributed by atoms with Crippen LogP contribution in [0.5, 0.6) is 0 Å². The van der Waals surface area contributed by atoms with Crippen LogP contribution in [0.25, 0.3) is 0 Å². The summed E-state index contributed by atoms with van der Waals surface area (Å²) in [6, 6.07) is 0.433. The van der Waals surface area contributed by atoms with Crippen LogP contribution in [-0.4, -0.2) is 6.04 Å². The van der Waals surface area contributed by atoms with Gasteiger partial charge >= 0.3 is 0 Å². The van der Waals surface area contributed by atoms with E-state index in [2.05, 4.69) is 6.92 Å². The van der Waals surface area contributed by atoms with Gasteiger partial charge in [-0.05, 0) is 43.9 Å². The van der Waals surface area contributed by atoms with Crippen LogP contribution in [0.3, 0.4) is 0 Å². The van der Waals surface area contributed by atoms with Crippen molar-refractivity contribution in [2.45, 2.75) is 57.9 Å². The predicted octanol–water partition coefficient (Wildman–Crippen LogP) is 3.36. The maximum atomic E-state index is 5.99. The summed E-state index contributed by atoms with van der Waals surface area (Å²) in [5.41, 5.74) is 5.99. The second kappa shape index (κ2) is 5.37. The van der Waals surface area contributed by atoms with Gasteiger partial charge in [-0.1, -0.05) is 25.7 Å². The largest absolute Gasteiger partial charge is 0.328 e. The predicted molar refractivity (Wildman–Crippen MR) is 63.7 cm³/mol. The molecule has 4 atom stereocenters. The smallest absolute Gasteiger partial charge is 0.00388 e. The van der Waals surface area contributed by atoms with Crippen LogP contribution in [0.4, 0.5) is 0 Å². The summed E-state index contributed by atoms with van der Waals surface area (Å²) < 4.78 is 0. The SMILES string of the molecule is CC(N)C1CCC2CCCCC2C1.Cl. The Balaban J connectivity index is 0.000000980. The molecule has 0 amide bonds. The lowest BCUT2D eigenvalue weighted by atomic mass is 9.66. The molecule has 84 valence electrons. The van der Waals surface area contributed by atoms with Crippen molar-refractivity contribution >= 4 is 12.4 Å². The van der Waals surface area contributed by atoms with Gasteiger partial charge in [0.2, 0.25) is 0 Å². The molecule has 2 N–H and O–H groups in total. The van der Waals surface area contributed by atoms with Gasteiger partial charge in [-0.3, -0.25) is 0 Å². The molecule has 0 saturated heterocycles. The lowest BCUT2D eigenvalue weighted by Crippen LogP contribution is -2.35. The summed E-state index contributed by atoms with van der Waals surface area (Å²) in [5.74, 6) is 2.95. The van der Waals surface area contributed by atoms with Crippen LogP contribution in [-0.2, 0) is 0 Å². The summed E-state index contributed by atoms with van der Waals surface area (Å²) in [6.07, 6.45) is 10.3. The summed E-state index contributed by atoms with van der Waals surface area (Å²) in [7, 11) is 0. The molecule has 0 radical (unpaired) electrons. The Morgan fingerprint density at radius 3 is 2.29 bits per heavy atom. The average Bonchev–Trinajstić information content (AvgIpc) is 2.17. The molecular weight excluding hydrogens is 194 g/mol. The Morgan fingerprint density at radius 2 is 1.64 bits per heavy atom. The van der Waals surface area contributed by atoms with Gasteiger partial charge in [0.05, 0.1) is 0 Å². The van der Waals surface area contributed by atoms with Gasteiger partial charge in [-0.2, -0.15) is 0 Å². The first kappa shape index (κ1) is 12.3. The van der Waals surface area contributed by atoms with Gasteiger partial charge in [-0.15, -0.1) is 12.4 Å². The Bertz CT molecular complexity index is 170. The minimum Gasteiger partial charge on any atom is -0.328 e. The van der Waals surface area contributed by atoms with Crippen LogP contribution in [0.2, 0.25) is 0 Å². The van der Waals surface area contributed by atoms with Gasteiger partial charge in [0, 0.05) is 6.04 Å². The second-order valence-corrected chi connectivity index (χ2v) is 5.24. The molecule has 2 heteroatoms. The Labute approximate surface area is 94.2 Å². The lowest BCUT2D eigenvalue weighted by molar-refractivity contribution is 0.120. The lowest BCUT2D eigenvalue weighted by Gasteiger charge is -2.40. The summed E-state index contributed by atoms with van der Waals surface area (Å²) in [6.45, 7) is 2.19. The fourth-order valence-corrected chi connectivity index (χ4v) is 3.39. The minimum absolute atomic E-state index is 0. The third-order valence-corrected chi connectivity index (χ3v) is 4.32. The molecule has 2 rings (SSSR count). The number of hydrogen-bond donors (Lipinski definition) is 1. The third-order valence-electron chi connectivity index (χ3n) is 4.32. The third kappa shape index (κ3) is 2.64. The fraction of sp³-hybridized carbons (Fsp3) is 1.00. The summed E-state index contributed by atoms with van der Waals surface area (Å²) >= 11 is 0. The number of hydrogen-bond acceptors (Lipinski definition) is 1. The molecule has 2 fully saturated rings. The Morgan fingerprint density at radius 1 is 1.00 bits per heavy atom. The number of rotatable bonds is 1. The molecule has 0 spiro atoms. The van der Waals surface area contributed by atoms with Gasteiger partial charge < -0.3 is 5.73 Å². The molecule has 2 saturated carbocycles. The maximum Gasteiger partial charge on any atom is 0.00388 e. The number of nitrogens with two attached hydrogens (primary N) is 1. The van der Waals surface area contributed by atoms with Crippen molar-refractivity contribution in [2.75, 3.05) is 0 Å². The van der Waals surface area contributed by atoms with Gasteiger partial charge in [0.1, 0.15) is 0 Å².